The van der Waals surface area contributed by atoms with E-state index >= 15 is 0 Å². The lowest BCUT2D eigenvalue weighted by Gasteiger charge is -2.38. The zero-order valence-corrected chi connectivity index (χ0v) is 15.4. The van der Waals surface area contributed by atoms with E-state index in [-0.39, 0.29) is 23.7 Å². The van der Waals surface area contributed by atoms with Crippen LogP contribution in [-0.4, -0.2) is 12.1 Å². The Morgan fingerprint density at radius 2 is 1.33 bits per heavy atom. The van der Waals surface area contributed by atoms with Crippen molar-refractivity contribution in [3.8, 4) is 0 Å². The van der Waals surface area contributed by atoms with Crippen LogP contribution in [0.2, 0.25) is 0 Å². The van der Waals surface area contributed by atoms with Crippen LogP contribution in [0.1, 0.15) is 30.3 Å². The lowest BCUT2D eigenvalue weighted by molar-refractivity contribution is -0.000536. The van der Waals surface area contributed by atoms with Gasteiger partial charge in [0.1, 0.15) is 17.7 Å². The highest BCUT2D eigenvalue weighted by Gasteiger charge is 2.62. The number of hydroxylamine groups is 1. The van der Waals surface area contributed by atoms with E-state index in [1.54, 1.807) is 0 Å². The van der Waals surface area contributed by atoms with Gasteiger partial charge in [-0.15, -0.1) is 0 Å². The van der Waals surface area contributed by atoms with Crippen LogP contribution in [0.25, 0.3) is 0 Å². The zero-order chi connectivity index (χ0) is 18.3. The highest BCUT2D eigenvalue weighted by atomic mass is 16.7. The number of benzene rings is 3. The molecular weight excluding hydrogens is 334 g/mol. The predicted molar refractivity (Wildman–Crippen MR) is 106 cm³/mol. The minimum atomic E-state index is -0.288. The van der Waals surface area contributed by atoms with E-state index in [1.165, 1.54) is 11.1 Å². The molecule has 2 aliphatic heterocycles. The van der Waals surface area contributed by atoms with Gasteiger partial charge in [0.25, 0.3) is 0 Å². The average Bonchev–Trinajstić information content (AvgIpc) is 3.22. The Hall–Kier alpha value is -2.62. The van der Waals surface area contributed by atoms with Crippen molar-refractivity contribution in [2.75, 3.05) is 11.7 Å². The van der Waals surface area contributed by atoms with E-state index < -0.39 is 0 Å². The van der Waals surface area contributed by atoms with E-state index in [0.29, 0.717) is 6.61 Å². The van der Waals surface area contributed by atoms with Gasteiger partial charge >= 0.3 is 0 Å². The van der Waals surface area contributed by atoms with Crippen molar-refractivity contribution in [2.24, 2.45) is 5.92 Å². The van der Waals surface area contributed by atoms with Gasteiger partial charge in [0.15, 0.2) is 0 Å². The van der Waals surface area contributed by atoms with Crippen molar-refractivity contribution in [1.82, 2.24) is 0 Å². The summed E-state index contributed by atoms with van der Waals surface area (Å²) >= 11 is 0. The van der Waals surface area contributed by atoms with Gasteiger partial charge in [0, 0.05) is 5.92 Å². The second kappa shape index (κ2) is 6.52. The number of ether oxygens (including phenoxy) is 1. The van der Waals surface area contributed by atoms with E-state index in [1.807, 2.05) is 18.2 Å². The van der Waals surface area contributed by atoms with Gasteiger partial charge in [-0.25, -0.2) is 5.06 Å². The largest absolute Gasteiger partial charge is 0.370 e. The molecule has 0 amide bonds. The van der Waals surface area contributed by atoms with Crippen LogP contribution < -0.4 is 5.06 Å². The molecule has 0 aromatic heterocycles. The van der Waals surface area contributed by atoms with Crippen molar-refractivity contribution in [3.63, 3.8) is 0 Å². The van der Waals surface area contributed by atoms with Gasteiger partial charge in [0.2, 0.25) is 0 Å². The first-order chi connectivity index (χ1) is 13.3. The van der Waals surface area contributed by atoms with Crippen LogP contribution in [0.5, 0.6) is 0 Å². The topological polar surface area (TPSA) is 21.7 Å². The summed E-state index contributed by atoms with van der Waals surface area (Å²) < 4.78 is 6.39. The third kappa shape index (κ3) is 2.58. The standard InChI is InChI=1S/C24H23NO2/c1-24-21(17-26-23(24)19-13-7-3-8-14-19)22(18-11-5-2-6-12-18)27-25(24)20-15-9-4-10-16-20/h2-16,21-23H,17H2,1H3/t21-,22-,23-,24+/m1/s1. The van der Waals surface area contributed by atoms with Crippen molar-refractivity contribution >= 4 is 5.69 Å². The molecule has 0 bridgehead atoms. The van der Waals surface area contributed by atoms with E-state index in [2.05, 4.69) is 84.8 Å². The first-order valence-corrected chi connectivity index (χ1v) is 9.52. The molecule has 2 aliphatic rings. The number of hydrogen-bond donors (Lipinski definition) is 0. The summed E-state index contributed by atoms with van der Waals surface area (Å²) in [6.07, 6.45) is -0.0669. The third-order valence-electron chi connectivity index (χ3n) is 5.97. The molecule has 0 aliphatic carbocycles. The normalized spacial score (nSPS) is 29.7. The van der Waals surface area contributed by atoms with Gasteiger partial charge in [-0.1, -0.05) is 78.9 Å². The average molecular weight is 357 g/mol. The number of fused-ring (bicyclic) bond motifs is 1. The zero-order valence-electron chi connectivity index (χ0n) is 15.4. The lowest BCUT2D eigenvalue weighted by Crippen LogP contribution is -2.47. The summed E-state index contributed by atoms with van der Waals surface area (Å²) in [5.74, 6) is 0.241. The molecule has 2 heterocycles. The SMILES string of the molecule is C[C@@]12[C@@H](c3ccccc3)OC[C@@H]1[C@@H](c1ccccc1)ON2c1ccccc1. The Morgan fingerprint density at radius 3 is 1.96 bits per heavy atom. The Bertz CT molecular complexity index is 899. The third-order valence-corrected chi connectivity index (χ3v) is 5.97. The molecule has 3 aromatic rings. The smallest absolute Gasteiger partial charge is 0.118 e. The fourth-order valence-electron chi connectivity index (χ4n) is 4.58. The van der Waals surface area contributed by atoms with Gasteiger partial charge in [0.05, 0.1) is 12.3 Å². The lowest BCUT2D eigenvalue weighted by atomic mass is 9.77. The van der Waals surface area contributed by atoms with Gasteiger partial charge in [-0.2, -0.15) is 0 Å². The first-order valence-electron chi connectivity index (χ1n) is 9.52. The summed E-state index contributed by atoms with van der Waals surface area (Å²) in [7, 11) is 0. The monoisotopic (exact) mass is 357 g/mol. The number of para-hydroxylation sites is 1. The molecule has 4 atom stereocenters. The van der Waals surface area contributed by atoms with Crippen molar-refractivity contribution < 1.29 is 9.57 Å². The van der Waals surface area contributed by atoms with Gasteiger partial charge in [-0.05, 0) is 30.2 Å². The first kappa shape index (κ1) is 16.5. The molecule has 0 saturated carbocycles. The van der Waals surface area contributed by atoms with Crippen LogP contribution in [0.3, 0.4) is 0 Å². The molecular formula is C24H23NO2. The summed E-state index contributed by atoms with van der Waals surface area (Å²) in [6.45, 7) is 2.96. The Kier molecular flexibility index (Phi) is 4.00. The molecule has 3 heteroatoms. The summed E-state index contributed by atoms with van der Waals surface area (Å²) in [5.41, 5.74) is 3.17. The highest BCUT2D eigenvalue weighted by Crippen LogP contribution is 2.57. The number of nitrogens with zero attached hydrogens (tertiary/aromatic N) is 1. The second-order valence-corrected chi connectivity index (χ2v) is 7.52. The molecule has 27 heavy (non-hydrogen) atoms. The van der Waals surface area contributed by atoms with Gasteiger partial charge in [-0.3, -0.25) is 4.84 Å². The van der Waals surface area contributed by atoms with Crippen LogP contribution in [0.15, 0.2) is 91.0 Å². The number of hydrogen-bond acceptors (Lipinski definition) is 3. The predicted octanol–water partition coefficient (Wildman–Crippen LogP) is 5.33. The quantitative estimate of drug-likeness (QED) is 0.633. The van der Waals surface area contributed by atoms with Crippen LogP contribution in [0.4, 0.5) is 5.69 Å². The maximum Gasteiger partial charge on any atom is 0.118 e. The Labute approximate surface area is 160 Å². The molecule has 3 aromatic carbocycles. The fourth-order valence-corrected chi connectivity index (χ4v) is 4.58. The van der Waals surface area contributed by atoms with Crippen LogP contribution in [-0.2, 0) is 9.57 Å². The minimum Gasteiger partial charge on any atom is -0.370 e. The Morgan fingerprint density at radius 1 is 0.778 bits per heavy atom. The van der Waals surface area contributed by atoms with Gasteiger partial charge < -0.3 is 4.74 Å². The van der Waals surface area contributed by atoms with E-state index in [9.17, 15) is 0 Å². The molecule has 0 spiro atoms. The summed E-state index contributed by atoms with van der Waals surface area (Å²) in [5, 5.41) is 2.10. The molecule has 136 valence electrons. The second-order valence-electron chi connectivity index (χ2n) is 7.52. The molecule has 0 unspecified atom stereocenters. The highest BCUT2D eigenvalue weighted by molar-refractivity contribution is 5.50. The van der Waals surface area contributed by atoms with Crippen molar-refractivity contribution in [1.29, 1.82) is 0 Å². The molecule has 2 saturated heterocycles. The fraction of sp³-hybridized carbons (Fsp3) is 0.250. The van der Waals surface area contributed by atoms with Crippen LogP contribution >= 0.6 is 0 Å². The summed E-state index contributed by atoms with van der Waals surface area (Å²) in [4.78, 5) is 6.61. The molecule has 5 rings (SSSR count). The molecule has 2 fully saturated rings. The maximum atomic E-state index is 6.61. The number of rotatable bonds is 3. The molecule has 0 radical (unpaired) electrons. The molecule has 3 nitrogen and oxygen atoms in total. The minimum absolute atomic E-state index is 0.0230. The maximum absolute atomic E-state index is 6.61. The van der Waals surface area contributed by atoms with Crippen molar-refractivity contribution in [3.05, 3.63) is 102 Å². The molecule has 0 N–H and O–H groups in total. The van der Waals surface area contributed by atoms with Crippen molar-refractivity contribution in [2.45, 2.75) is 24.7 Å². The van der Waals surface area contributed by atoms with E-state index in [4.69, 9.17) is 9.57 Å². The Balaban J connectivity index is 1.62. The van der Waals surface area contributed by atoms with E-state index in [0.717, 1.165) is 5.69 Å². The van der Waals surface area contributed by atoms with Crippen LogP contribution in [0, 0.1) is 5.92 Å². The number of anilines is 1. The summed E-state index contributed by atoms with van der Waals surface area (Å²) in [6, 6.07) is 31.4.